The molecule has 0 atom stereocenters. The molecule has 11 rings (SSSR count). The number of rotatable bonds is 47. The lowest BCUT2D eigenvalue weighted by Gasteiger charge is -2.40. The Morgan fingerprint density at radius 1 is 0.429 bits per heavy atom. The second-order valence-corrected chi connectivity index (χ2v) is 32.3. The molecule has 9 aromatic rings. The van der Waals surface area contributed by atoms with Gasteiger partial charge in [0, 0.05) is 113 Å². The van der Waals surface area contributed by atoms with Gasteiger partial charge < -0.3 is 45.1 Å². The highest BCUT2D eigenvalue weighted by Crippen LogP contribution is 2.44. The maximum Gasteiger partial charge on any atom is 0.335 e. The van der Waals surface area contributed by atoms with Gasteiger partial charge in [0.15, 0.2) is 0 Å². The van der Waals surface area contributed by atoms with Gasteiger partial charge in [0.2, 0.25) is 23.6 Å². The lowest BCUT2D eigenvalue weighted by atomic mass is 9.68. The molecule has 0 spiro atoms. The third kappa shape index (κ3) is 27.9. The Hall–Kier alpha value is -10.3. The molecule has 2 aliphatic carbocycles. The predicted octanol–water partition coefficient (Wildman–Crippen LogP) is 18.5. The van der Waals surface area contributed by atoms with Crippen molar-refractivity contribution >= 4 is 70.3 Å². The van der Waals surface area contributed by atoms with E-state index in [0.29, 0.717) is 150 Å². The van der Waals surface area contributed by atoms with Gasteiger partial charge in [0.05, 0.1) is 72.2 Å². The van der Waals surface area contributed by atoms with E-state index in [-0.39, 0.29) is 74.6 Å². The van der Waals surface area contributed by atoms with Crippen LogP contribution in [0, 0.1) is 0 Å². The third-order valence-electron chi connectivity index (χ3n) is 22.3. The SMILES string of the molecule is CCCCCC(=O)Nc1cccc(CN(Cc2cc(CN(Cc3ccccn3)Cc3cccc(NC(=O)CCCCC)n3)cc(OCCCCN(Cc3ccc(C(=O)NCCOCCOCCN(Cc4ccc(C(=O)O)cc4)C(=O)C4(c5ccc(Cl)cc5)CCCCC4)cc3)C(=O)C3(c4ccc(Cl)cc4)CCCCC3)c2)Cc2ccccn2)n1. The normalized spacial score (nSPS) is 13.7. The Morgan fingerprint density at radius 3 is 1.34 bits per heavy atom. The van der Waals surface area contributed by atoms with Crippen molar-refractivity contribution in [1.29, 1.82) is 0 Å². The molecule has 2 saturated carbocycles. The number of halogens is 2. The zero-order valence-corrected chi connectivity index (χ0v) is 70.5. The summed E-state index contributed by atoms with van der Waals surface area (Å²) in [6.45, 7) is 10.1. The van der Waals surface area contributed by atoms with E-state index in [0.717, 1.165) is 133 Å². The molecule has 0 unspecified atom stereocenters. The topological polar surface area (TPSA) is 251 Å². The van der Waals surface area contributed by atoms with Gasteiger partial charge in [-0.2, -0.15) is 0 Å². The Balaban J connectivity index is 0.755. The van der Waals surface area contributed by atoms with Crippen molar-refractivity contribution in [2.24, 2.45) is 0 Å². The van der Waals surface area contributed by atoms with Crippen LogP contribution in [-0.4, -0.2) is 133 Å². The summed E-state index contributed by atoms with van der Waals surface area (Å²) >= 11 is 12.8. The minimum atomic E-state index is -1.02. The summed E-state index contributed by atoms with van der Waals surface area (Å²) < 4.78 is 18.9. The number of benzene rings is 5. The molecule has 0 saturated heterocycles. The summed E-state index contributed by atoms with van der Waals surface area (Å²) in [4.78, 5) is 110. The number of nitrogens with one attached hydrogen (secondary N) is 3. The molecule has 4 heterocycles. The average molecular weight is 1650 g/mol. The number of hydrogen-bond acceptors (Lipinski definition) is 15. The van der Waals surface area contributed by atoms with E-state index in [9.17, 15) is 29.1 Å². The fourth-order valence-corrected chi connectivity index (χ4v) is 16.4. The fraction of sp³-hybridized carbons (Fsp3) is 0.417. The molecule has 0 bridgehead atoms. The van der Waals surface area contributed by atoms with Crippen LogP contribution in [0.15, 0.2) is 200 Å². The van der Waals surface area contributed by atoms with Crippen LogP contribution < -0.4 is 20.7 Å². The number of pyridine rings is 4. The van der Waals surface area contributed by atoms with E-state index in [2.05, 4.69) is 57.8 Å². The number of carboxylic acid groups (broad SMARTS) is 1. The van der Waals surface area contributed by atoms with E-state index in [1.807, 2.05) is 143 Å². The Labute approximate surface area is 711 Å². The van der Waals surface area contributed by atoms with Gasteiger partial charge in [-0.1, -0.05) is 180 Å². The largest absolute Gasteiger partial charge is 0.494 e. The quantitative estimate of drug-likeness (QED) is 0.0259. The highest BCUT2D eigenvalue weighted by atomic mass is 35.5. The van der Waals surface area contributed by atoms with Gasteiger partial charge >= 0.3 is 5.97 Å². The number of carbonyl (C=O) groups is 6. The molecule has 2 fully saturated rings. The highest BCUT2D eigenvalue weighted by molar-refractivity contribution is 6.30. The lowest BCUT2D eigenvalue weighted by Crippen LogP contribution is -2.48. The Morgan fingerprint density at radius 2 is 0.882 bits per heavy atom. The monoisotopic (exact) mass is 1650 g/mol. The fourth-order valence-electron chi connectivity index (χ4n) is 16.1. The van der Waals surface area contributed by atoms with Crippen molar-refractivity contribution < 1.29 is 48.1 Å². The van der Waals surface area contributed by atoms with Crippen molar-refractivity contribution in [3.63, 3.8) is 0 Å². The van der Waals surface area contributed by atoms with Gasteiger partial charge in [-0.25, -0.2) is 14.8 Å². The average Bonchev–Trinajstić information content (AvgIpc) is 0.775. The number of carbonyl (C=O) groups excluding carboxylic acids is 5. The molecule has 628 valence electrons. The number of unbranched alkanes of at least 4 members (excludes halogenated alkanes) is 5. The standard InChI is InChI=1S/C96H115Cl2N11O10/c1-3-5-9-29-89(110)104-87-27-21-25-84(102-87)70-106(68-82-23-11-17-51-99-82)64-74-61-75(65-107(69-83-24-12-18-52-100-83)71-85-26-22-28-88(103-85)105-90(111)30-10-6-4-2)63-86(62-74)119-56-20-19-54-108(93(115)95(47-13-7-14-48-95)78-39-43-80(97)44-40-78)66-72-31-35-76(36-32-72)91(112)101-53-57-117-59-60-118-58-55-109(67-73-33-37-77(38-34-73)92(113)114)94(116)96(49-15-8-16-50-96)79-41-45-81(98)46-42-79/h11-12,17-18,21-28,31-46,51-52,61-63H,3-10,13-16,19-20,29-30,47-50,53-60,64-71H2,1-2H3,(H,101,112)(H,113,114)(H,102,104,110)(H,103,105,111). The molecule has 4 N–H and O–H groups in total. The molecule has 21 nitrogen and oxygen atoms in total. The van der Waals surface area contributed by atoms with Gasteiger partial charge in [0.1, 0.15) is 17.4 Å². The number of amides is 5. The maximum absolute atomic E-state index is 15.7. The van der Waals surface area contributed by atoms with E-state index >= 15 is 4.79 Å². The van der Waals surface area contributed by atoms with Crippen LogP contribution in [0.5, 0.6) is 5.75 Å². The van der Waals surface area contributed by atoms with Gasteiger partial charge in [-0.05, 0) is 194 Å². The summed E-state index contributed by atoms with van der Waals surface area (Å²) in [5, 5.41) is 19.8. The van der Waals surface area contributed by atoms with Crippen molar-refractivity contribution in [3.05, 3.63) is 278 Å². The zero-order valence-electron chi connectivity index (χ0n) is 69.0. The molecular formula is C96H115Cl2N11O10. The molecule has 5 amide bonds. The van der Waals surface area contributed by atoms with Gasteiger partial charge in [-0.3, -0.25) is 43.7 Å². The molecule has 119 heavy (non-hydrogen) atoms. The molecule has 0 radical (unpaired) electrons. The van der Waals surface area contributed by atoms with Crippen LogP contribution in [-0.2, 0) is 91.8 Å². The highest BCUT2D eigenvalue weighted by Gasteiger charge is 2.45. The smallest absolute Gasteiger partial charge is 0.335 e. The zero-order chi connectivity index (χ0) is 83.4. The first-order valence-electron chi connectivity index (χ1n) is 42.5. The van der Waals surface area contributed by atoms with Crippen molar-refractivity contribution in [1.82, 2.24) is 44.9 Å². The van der Waals surface area contributed by atoms with E-state index < -0.39 is 16.8 Å². The van der Waals surface area contributed by atoms with E-state index in [4.69, 9.17) is 57.3 Å². The molecule has 2 aliphatic rings. The number of anilines is 2. The molecule has 5 aromatic carbocycles. The van der Waals surface area contributed by atoms with Crippen LogP contribution in [0.25, 0.3) is 0 Å². The first kappa shape index (κ1) is 89.5. The van der Waals surface area contributed by atoms with Crippen LogP contribution in [0.3, 0.4) is 0 Å². The minimum absolute atomic E-state index is 0.00807. The summed E-state index contributed by atoms with van der Waals surface area (Å²) in [6.07, 6.45) is 20.0. The second-order valence-electron chi connectivity index (χ2n) is 31.4. The third-order valence-corrected chi connectivity index (χ3v) is 22.8. The summed E-state index contributed by atoms with van der Waals surface area (Å²) in [7, 11) is 0. The summed E-state index contributed by atoms with van der Waals surface area (Å²) in [5.41, 5.74) is 8.13. The van der Waals surface area contributed by atoms with Crippen molar-refractivity contribution in [2.75, 3.05) is 63.3 Å². The van der Waals surface area contributed by atoms with Crippen molar-refractivity contribution in [3.8, 4) is 5.75 Å². The molecule has 23 heteroatoms. The summed E-state index contributed by atoms with van der Waals surface area (Å²) in [6, 6.07) is 59.2. The molecular weight excluding hydrogens is 1540 g/mol. The van der Waals surface area contributed by atoms with Gasteiger partial charge in [0.25, 0.3) is 5.91 Å². The van der Waals surface area contributed by atoms with Crippen LogP contribution in [0.1, 0.15) is 219 Å². The van der Waals surface area contributed by atoms with E-state index in [1.165, 1.54) is 0 Å². The Kier molecular flexibility index (Phi) is 35.3. The molecule has 4 aromatic heterocycles. The first-order valence-corrected chi connectivity index (χ1v) is 43.2. The lowest BCUT2D eigenvalue weighted by molar-refractivity contribution is -0.141. The van der Waals surface area contributed by atoms with Crippen LogP contribution >= 0.6 is 23.2 Å². The Bertz CT molecular complexity index is 4530. The molecule has 0 aliphatic heterocycles. The number of aromatic carboxylic acids is 1. The number of ether oxygens (including phenoxy) is 3. The number of hydrogen-bond donors (Lipinski definition) is 4. The van der Waals surface area contributed by atoms with Crippen molar-refractivity contribution in [2.45, 2.75) is 205 Å². The first-order chi connectivity index (χ1) is 58.0. The van der Waals surface area contributed by atoms with Crippen LogP contribution in [0.4, 0.5) is 11.6 Å². The number of nitrogens with zero attached hydrogens (tertiary/aromatic N) is 8. The summed E-state index contributed by atoms with van der Waals surface area (Å²) in [5.74, 6) is 0.397. The van der Waals surface area contributed by atoms with E-state index in [1.54, 1.807) is 48.8 Å². The predicted molar refractivity (Wildman–Crippen MR) is 467 cm³/mol. The maximum atomic E-state index is 15.7. The number of aromatic nitrogens is 4. The minimum Gasteiger partial charge on any atom is -0.494 e. The second kappa shape index (κ2) is 46.9. The van der Waals surface area contributed by atoms with Gasteiger partial charge in [-0.15, -0.1) is 0 Å². The number of carboxylic acids is 1. The van der Waals surface area contributed by atoms with Crippen LogP contribution in [0.2, 0.25) is 10.0 Å².